The zero-order valence-corrected chi connectivity index (χ0v) is 18.4. The van der Waals surface area contributed by atoms with Crippen LogP contribution in [0.25, 0.3) is 10.6 Å². The fourth-order valence-corrected chi connectivity index (χ4v) is 4.36. The molecule has 1 N–H and O–H groups in total. The smallest absolute Gasteiger partial charge is 0.269 e. The minimum atomic E-state index is -0.959. The van der Waals surface area contributed by atoms with Crippen molar-refractivity contribution in [2.45, 2.75) is 26.0 Å². The summed E-state index contributed by atoms with van der Waals surface area (Å²) in [6.45, 7) is 3.95. The molecule has 0 unspecified atom stereocenters. The van der Waals surface area contributed by atoms with Gasteiger partial charge in [-0.15, -0.1) is 11.3 Å². The van der Waals surface area contributed by atoms with Gasteiger partial charge in [-0.05, 0) is 49.7 Å². The molecule has 156 valence electrons. The van der Waals surface area contributed by atoms with Crippen LogP contribution in [0.5, 0.6) is 11.5 Å². The highest BCUT2D eigenvalue weighted by Gasteiger charge is 2.32. The number of carbonyl (C=O) groups excluding carboxylic acids is 1. The highest BCUT2D eigenvalue weighted by atomic mass is 35.5. The average molecular weight is 445 g/mol. The van der Waals surface area contributed by atoms with Gasteiger partial charge in [0.25, 0.3) is 5.91 Å². The number of nitrogens with zero attached hydrogens (tertiary/aromatic N) is 2. The molecular weight excluding hydrogens is 424 g/mol. The van der Waals surface area contributed by atoms with Crippen molar-refractivity contribution in [3.05, 3.63) is 58.1 Å². The largest absolute Gasteiger partial charge is 0.493 e. The third-order valence-electron chi connectivity index (χ3n) is 4.60. The number of aliphatic hydroxyl groups is 1. The molecule has 0 saturated heterocycles. The van der Waals surface area contributed by atoms with Gasteiger partial charge < -0.3 is 19.5 Å². The van der Waals surface area contributed by atoms with Crippen LogP contribution in [-0.2, 0) is 6.54 Å². The lowest BCUT2D eigenvalue weighted by Crippen LogP contribution is -2.28. The highest BCUT2D eigenvalue weighted by molar-refractivity contribution is 7.17. The predicted octanol–water partition coefficient (Wildman–Crippen LogP) is 4.78. The van der Waals surface area contributed by atoms with Crippen LogP contribution in [0.1, 0.15) is 29.1 Å². The standard InChI is InChI=1S/C22H21ClN2O4S/c1-22(2,27)12-29-17-7-5-15(9-18(17)28-3)25-11-13-8-19(30-20(13)21(25)26)16-6-4-14(23)10-24-16/h4-10,27H,11-12H2,1-3H3. The molecule has 1 amide bonds. The summed E-state index contributed by atoms with van der Waals surface area (Å²) in [5.74, 6) is 0.967. The van der Waals surface area contributed by atoms with Crippen LogP contribution in [0.2, 0.25) is 5.02 Å². The Bertz CT molecular complexity index is 1090. The number of methoxy groups -OCH3 is 1. The molecule has 0 radical (unpaired) electrons. The van der Waals surface area contributed by atoms with E-state index in [-0.39, 0.29) is 12.5 Å². The van der Waals surface area contributed by atoms with Crippen LogP contribution >= 0.6 is 22.9 Å². The van der Waals surface area contributed by atoms with Gasteiger partial charge in [0.05, 0.1) is 39.7 Å². The Kier molecular flexibility index (Phi) is 5.44. The van der Waals surface area contributed by atoms with Crippen LogP contribution in [-0.4, -0.2) is 35.3 Å². The number of anilines is 1. The molecular formula is C22H21ClN2O4S. The minimum Gasteiger partial charge on any atom is -0.493 e. The van der Waals surface area contributed by atoms with Crippen LogP contribution in [0.3, 0.4) is 0 Å². The van der Waals surface area contributed by atoms with E-state index in [0.29, 0.717) is 27.9 Å². The number of thiophene rings is 1. The number of pyridine rings is 1. The topological polar surface area (TPSA) is 71.9 Å². The monoisotopic (exact) mass is 444 g/mol. The first-order chi connectivity index (χ1) is 14.2. The van der Waals surface area contributed by atoms with Gasteiger partial charge in [-0.25, -0.2) is 0 Å². The van der Waals surface area contributed by atoms with Crippen molar-refractivity contribution in [3.8, 4) is 22.1 Å². The summed E-state index contributed by atoms with van der Waals surface area (Å²) in [5, 5.41) is 10.4. The molecule has 1 aromatic carbocycles. The van der Waals surface area contributed by atoms with Crippen molar-refractivity contribution in [1.82, 2.24) is 4.98 Å². The molecule has 0 aliphatic carbocycles. The Hall–Kier alpha value is -2.61. The fourth-order valence-electron chi connectivity index (χ4n) is 3.15. The molecule has 0 saturated carbocycles. The summed E-state index contributed by atoms with van der Waals surface area (Å²) < 4.78 is 11.1. The van der Waals surface area contributed by atoms with E-state index < -0.39 is 5.60 Å². The van der Waals surface area contributed by atoms with Crippen molar-refractivity contribution >= 4 is 34.5 Å². The lowest BCUT2D eigenvalue weighted by Gasteiger charge is -2.21. The molecule has 30 heavy (non-hydrogen) atoms. The fraction of sp³-hybridized carbons (Fsp3) is 0.273. The van der Waals surface area contributed by atoms with E-state index >= 15 is 0 Å². The maximum absolute atomic E-state index is 13.0. The van der Waals surface area contributed by atoms with Gasteiger partial charge in [-0.2, -0.15) is 0 Å². The second kappa shape index (κ2) is 7.91. The van der Waals surface area contributed by atoms with E-state index in [1.54, 1.807) is 50.3 Å². The quantitative estimate of drug-likeness (QED) is 0.592. The number of ether oxygens (including phenoxy) is 2. The molecule has 0 spiro atoms. The van der Waals surface area contributed by atoms with Crippen molar-refractivity contribution in [1.29, 1.82) is 0 Å². The molecule has 0 atom stereocenters. The number of carbonyl (C=O) groups is 1. The minimum absolute atomic E-state index is 0.0533. The Balaban J connectivity index is 1.55. The molecule has 3 heterocycles. The third-order valence-corrected chi connectivity index (χ3v) is 6.01. The van der Waals surface area contributed by atoms with E-state index in [9.17, 15) is 9.90 Å². The van der Waals surface area contributed by atoms with E-state index in [4.69, 9.17) is 21.1 Å². The molecule has 8 heteroatoms. The Morgan fingerprint density at radius 1 is 1.23 bits per heavy atom. The van der Waals surface area contributed by atoms with Gasteiger partial charge in [0.2, 0.25) is 0 Å². The summed E-state index contributed by atoms with van der Waals surface area (Å²) >= 11 is 7.34. The number of benzene rings is 1. The first-order valence-electron chi connectivity index (χ1n) is 9.35. The normalized spacial score (nSPS) is 13.5. The molecule has 0 fully saturated rings. The zero-order valence-electron chi connectivity index (χ0n) is 16.8. The highest BCUT2D eigenvalue weighted by Crippen LogP contribution is 2.40. The number of rotatable bonds is 6. The van der Waals surface area contributed by atoms with Gasteiger partial charge in [-0.3, -0.25) is 9.78 Å². The van der Waals surface area contributed by atoms with Gasteiger partial charge in [0.1, 0.15) is 6.61 Å². The Morgan fingerprint density at radius 2 is 2.03 bits per heavy atom. The summed E-state index contributed by atoms with van der Waals surface area (Å²) in [7, 11) is 1.55. The molecule has 1 aliphatic rings. The lowest BCUT2D eigenvalue weighted by atomic mass is 10.2. The summed E-state index contributed by atoms with van der Waals surface area (Å²) in [6, 6.07) is 11.0. The summed E-state index contributed by atoms with van der Waals surface area (Å²) in [4.78, 5) is 20.7. The molecule has 0 bridgehead atoms. The first kappa shape index (κ1) is 20.7. The summed E-state index contributed by atoms with van der Waals surface area (Å²) in [6.07, 6.45) is 1.60. The van der Waals surface area contributed by atoms with E-state index in [2.05, 4.69) is 4.98 Å². The van der Waals surface area contributed by atoms with Crippen molar-refractivity contribution in [3.63, 3.8) is 0 Å². The van der Waals surface area contributed by atoms with Crippen molar-refractivity contribution < 1.29 is 19.4 Å². The number of fused-ring (bicyclic) bond motifs is 1. The van der Waals surface area contributed by atoms with Gasteiger partial charge in [0.15, 0.2) is 11.5 Å². The molecule has 1 aliphatic heterocycles. The number of aromatic nitrogens is 1. The van der Waals surface area contributed by atoms with Crippen LogP contribution in [0.15, 0.2) is 42.6 Å². The number of hydrogen-bond acceptors (Lipinski definition) is 6. The maximum atomic E-state index is 13.0. The van der Waals surface area contributed by atoms with Gasteiger partial charge in [-0.1, -0.05) is 11.6 Å². The van der Waals surface area contributed by atoms with Crippen LogP contribution < -0.4 is 14.4 Å². The van der Waals surface area contributed by atoms with E-state index in [1.807, 2.05) is 18.2 Å². The Morgan fingerprint density at radius 3 is 2.67 bits per heavy atom. The second-order valence-electron chi connectivity index (χ2n) is 7.65. The first-order valence-corrected chi connectivity index (χ1v) is 10.5. The molecule has 2 aromatic heterocycles. The van der Waals surface area contributed by atoms with Crippen molar-refractivity contribution in [2.75, 3.05) is 18.6 Å². The SMILES string of the molecule is COc1cc(N2Cc3cc(-c4ccc(Cl)cn4)sc3C2=O)ccc1OCC(C)(C)O. The zero-order chi connectivity index (χ0) is 21.5. The molecule has 4 rings (SSSR count). The number of hydrogen-bond donors (Lipinski definition) is 1. The van der Waals surface area contributed by atoms with Gasteiger partial charge in [0, 0.05) is 18.0 Å². The second-order valence-corrected chi connectivity index (χ2v) is 9.14. The van der Waals surface area contributed by atoms with Gasteiger partial charge >= 0.3 is 0 Å². The molecule has 6 nitrogen and oxygen atoms in total. The number of amides is 1. The lowest BCUT2D eigenvalue weighted by molar-refractivity contribution is 0.0276. The third kappa shape index (κ3) is 4.14. The van der Waals surface area contributed by atoms with E-state index in [1.165, 1.54) is 11.3 Å². The predicted molar refractivity (Wildman–Crippen MR) is 118 cm³/mol. The average Bonchev–Trinajstić information content (AvgIpc) is 3.26. The van der Waals surface area contributed by atoms with E-state index in [0.717, 1.165) is 21.8 Å². The molecule has 3 aromatic rings. The summed E-state index contributed by atoms with van der Waals surface area (Å²) in [5.41, 5.74) is 1.53. The van der Waals surface area contributed by atoms with Crippen LogP contribution in [0.4, 0.5) is 5.69 Å². The Labute approximate surface area is 183 Å². The van der Waals surface area contributed by atoms with Crippen molar-refractivity contribution in [2.24, 2.45) is 0 Å². The number of halogens is 1. The van der Waals surface area contributed by atoms with Crippen LogP contribution in [0, 0.1) is 0 Å². The maximum Gasteiger partial charge on any atom is 0.269 e.